The van der Waals surface area contributed by atoms with Gasteiger partial charge in [0.25, 0.3) is 0 Å². The van der Waals surface area contributed by atoms with Crippen molar-refractivity contribution in [2.24, 2.45) is 0 Å². The van der Waals surface area contributed by atoms with E-state index in [1.807, 2.05) is 72.8 Å². The van der Waals surface area contributed by atoms with Crippen LogP contribution in [0.5, 0.6) is 0 Å². The second-order valence-corrected chi connectivity index (χ2v) is 20.9. The van der Waals surface area contributed by atoms with Gasteiger partial charge in [0.2, 0.25) is 0 Å². The zero-order chi connectivity index (χ0) is 28.0. The summed E-state index contributed by atoms with van der Waals surface area (Å²) in [7, 11) is -4.16. The second-order valence-electron chi connectivity index (χ2n) is 9.84. The van der Waals surface area contributed by atoms with Crippen LogP contribution in [0.1, 0.15) is 0 Å². The normalized spacial score (nSPS) is 10.7. The van der Waals surface area contributed by atoms with Crippen LogP contribution >= 0.6 is 33.5 Å². The summed E-state index contributed by atoms with van der Waals surface area (Å²) in [5, 5.41) is 4.99. The number of hydrogen-bond donors (Lipinski definition) is 0. The van der Waals surface area contributed by atoms with Crippen LogP contribution in [-0.2, 0) is 39.6 Å². The standard InChI is InChI=1S/2C14H14P.C4H11Si.2Au.HI/c2*1-15(2,13-9-5-3-6-10-13)14-11-7-4-8-12-14;1-5(2,3)4;;;/h2*3-12H,1-2H2;1H2,2-4H3;;;1H/q3*-1;;+1;/p-1. The zero-order valence-corrected chi connectivity index (χ0v) is 31.7. The third kappa shape index (κ3) is 14.2. The van der Waals surface area contributed by atoms with Gasteiger partial charge in [-0.2, -0.15) is 41.2 Å². The Balaban J connectivity index is 0.000000570. The van der Waals surface area contributed by atoms with Gasteiger partial charge >= 0.3 is 36.3 Å². The van der Waals surface area contributed by atoms with Gasteiger partial charge in [0.05, 0.1) is 0 Å². The summed E-state index contributed by atoms with van der Waals surface area (Å²) in [5.41, 5.74) is 0. The van der Waals surface area contributed by atoms with E-state index in [0.29, 0.717) is 0 Å². The average Bonchev–Trinajstić information content (AvgIpc) is 2.91. The molecule has 4 aromatic rings. The molecule has 6 heteroatoms. The number of halogens is 1. The van der Waals surface area contributed by atoms with Crippen LogP contribution in [-0.4, -0.2) is 8.07 Å². The Hall–Kier alpha value is 0.167. The summed E-state index contributed by atoms with van der Waals surface area (Å²) in [4.78, 5) is 0. The van der Waals surface area contributed by atoms with Crippen LogP contribution < -0.4 is 21.2 Å². The summed E-state index contributed by atoms with van der Waals surface area (Å²) in [5.74, 6) is 0. The molecule has 0 heterocycles. The fraction of sp³-hybridized carbons (Fsp3) is 0.0938. The third-order valence-electron chi connectivity index (χ3n) is 5.00. The molecular weight excluding hydrogens is 995 g/mol. The molecule has 38 heavy (non-hydrogen) atoms. The van der Waals surface area contributed by atoms with E-state index < -0.39 is 22.6 Å². The minimum atomic E-state index is -1.65. The van der Waals surface area contributed by atoms with Gasteiger partial charge in [0, 0.05) is 43.6 Å². The molecule has 0 unspecified atom stereocenters. The van der Waals surface area contributed by atoms with Gasteiger partial charge in [0.1, 0.15) is 0 Å². The fourth-order valence-electron chi connectivity index (χ4n) is 3.15. The van der Waals surface area contributed by atoms with E-state index in [2.05, 4.69) is 138 Å². The van der Waals surface area contributed by atoms with Crippen LogP contribution in [0.2, 0.25) is 19.6 Å². The predicted octanol–water partition coefficient (Wildman–Crippen LogP) is 9.05. The molecule has 0 atom stereocenters. The van der Waals surface area contributed by atoms with E-state index in [0.717, 1.165) is 0 Å². The first-order chi connectivity index (χ1) is 17.4. The van der Waals surface area contributed by atoms with Crippen molar-refractivity contribution in [3.63, 3.8) is 0 Å². The van der Waals surface area contributed by atoms with Crippen LogP contribution in [0.3, 0.4) is 0 Å². The van der Waals surface area contributed by atoms with Gasteiger partial charge in [-0.3, -0.25) is 0 Å². The first-order valence-corrected chi connectivity index (χ1v) is 25.9. The van der Waals surface area contributed by atoms with Gasteiger partial charge in [-0.05, 0) is 48.5 Å². The molecule has 0 fully saturated rings. The van der Waals surface area contributed by atoms with Gasteiger partial charge in [-0.1, -0.05) is 92.4 Å². The molecule has 1 radical (unpaired) electrons. The van der Waals surface area contributed by atoms with E-state index >= 15 is 0 Å². The molecule has 0 saturated heterocycles. The molecule has 213 valence electrons. The molecule has 0 N–H and O–H groups in total. The van der Waals surface area contributed by atoms with Crippen LogP contribution in [0.15, 0.2) is 121 Å². The molecule has 0 saturated carbocycles. The summed E-state index contributed by atoms with van der Waals surface area (Å²) in [6.07, 6.45) is 0. The molecule has 0 aliphatic heterocycles. The maximum absolute atomic E-state index is 4.31. The molecule has 0 aromatic heterocycles. The Morgan fingerprint density at radius 1 is 0.474 bits per heavy atom. The minimum absolute atomic E-state index is 0. The molecular formula is C32H39Au2IP2Si-3. The van der Waals surface area contributed by atoms with E-state index in [1.54, 1.807) is 0 Å². The molecule has 0 bridgehead atoms. The Bertz CT molecular complexity index is 944. The van der Waals surface area contributed by atoms with Gasteiger partial charge in [-0.25, -0.2) is 0 Å². The first kappa shape index (κ1) is 38.2. The third-order valence-corrected chi connectivity index (χ3v) is 10.1. The Kier molecular flexibility index (Phi) is 19.4. The Morgan fingerprint density at radius 2 is 0.605 bits per heavy atom. The summed E-state index contributed by atoms with van der Waals surface area (Å²) >= 11 is 4.34. The van der Waals surface area contributed by atoms with Crippen LogP contribution in [0.4, 0.5) is 0 Å². The molecule has 4 rings (SSSR count). The van der Waals surface area contributed by atoms with Crippen molar-refractivity contribution in [3.05, 3.63) is 155 Å². The van der Waals surface area contributed by atoms with Crippen molar-refractivity contribution in [1.82, 2.24) is 0 Å². The Labute approximate surface area is 273 Å². The quantitative estimate of drug-likeness (QED) is 0.0830. The number of hydrogen-bond acceptors (Lipinski definition) is 0. The average molecular weight is 1030 g/mol. The van der Waals surface area contributed by atoms with E-state index in [9.17, 15) is 0 Å². The van der Waals surface area contributed by atoms with Crippen molar-refractivity contribution in [2.75, 3.05) is 0 Å². The molecule has 0 spiro atoms. The first-order valence-electron chi connectivity index (χ1n) is 11.8. The number of benzene rings is 4. The summed E-state index contributed by atoms with van der Waals surface area (Å²) in [6, 6.07) is 41.3. The van der Waals surface area contributed by atoms with Gasteiger partial charge in [-0.15, -0.1) is 8.07 Å². The van der Waals surface area contributed by atoms with Crippen molar-refractivity contribution in [1.29, 1.82) is 0 Å². The van der Waals surface area contributed by atoms with Crippen molar-refractivity contribution in [2.45, 2.75) is 19.6 Å². The maximum atomic E-state index is 4.31. The van der Waals surface area contributed by atoms with Gasteiger partial charge < -0.3 is 6.55 Å². The zero-order valence-electron chi connectivity index (χ0n) is 22.5. The fourth-order valence-corrected chi connectivity index (χ4v) is 6.72. The van der Waals surface area contributed by atoms with Crippen molar-refractivity contribution < 1.29 is 39.6 Å². The van der Waals surface area contributed by atoms with Crippen LogP contribution in [0.25, 0.3) is 0 Å². The summed E-state index contributed by atoms with van der Waals surface area (Å²) in [6.45, 7) is 27.8. The Morgan fingerprint density at radius 3 is 0.737 bits per heavy atom. The molecule has 0 nitrogen and oxygen atoms in total. The van der Waals surface area contributed by atoms with E-state index in [1.165, 1.54) is 21.2 Å². The summed E-state index contributed by atoms with van der Waals surface area (Å²) < 4.78 is 0. The van der Waals surface area contributed by atoms with Crippen molar-refractivity contribution >= 4 is 62.8 Å². The SMILES string of the molecule is [Au].[CH2-][P+]([CH2-])(c1ccccc1)c1ccccc1.[CH2-][P+]([CH2-])(c1ccccc1)c1ccccc1.[CH2-][Si](C)(C)C.[I][Au]. The van der Waals surface area contributed by atoms with Crippen LogP contribution in [0, 0.1) is 33.2 Å². The predicted molar refractivity (Wildman–Crippen MR) is 182 cm³/mol. The molecule has 4 aromatic carbocycles. The topological polar surface area (TPSA) is 0 Å². The molecule has 0 aliphatic carbocycles. The molecule has 0 amide bonds. The van der Waals surface area contributed by atoms with Crippen molar-refractivity contribution in [3.8, 4) is 0 Å². The monoisotopic (exact) mass is 1030 g/mol. The number of rotatable bonds is 4. The van der Waals surface area contributed by atoms with E-state index in [4.69, 9.17) is 0 Å². The van der Waals surface area contributed by atoms with Gasteiger partial charge in [0.15, 0.2) is 0 Å². The second kappa shape index (κ2) is 19.3. The molecule has 0 aliphatic rings. The van der Waals surface area contributed by atoms with E-state index in [-0.39, 0.29) is 22.4 Å².